The molecule has 0 aliphatic carbocycles. The van der Waals surface area contributed by atoms with Gasteiger partial charge in [-0.15, -0.1) is 0 Å². The highest BCUT2D eigenvalue weighted by Gasteiger charge is 2.44. The highest BCUT2D eigenvalue weighted by Crippen LogP contribution is 2.35. The summed E-state index contributed by atoms with van der Waals surface area (Å²) in [5, 5.41) is 0. The van der Waals surface area contributed by atoms with Crippen LogP contribution in [0, 0.1) is 0 Å². The average molecular weight is 224 g/mol. The second kappa shape index (κ2) is 4.73. The molecule has 0 radical (unpaired) electrons. The summed E-state index contributed by atoms with van der Waals surface area (Å²) in [6.07, 6.45) is 1.11. The van der Waals surface area contributed by atoms with Crippen molar-refractivity contribution in [3.63, 3.8) is 0 Å². The quantitative estimate of drug-likeness (QED) is 0.652. The van der Waals surface area contributed by atoms with Gasteiger partial charge in [0.1, 0.15) is 0 Å². The van der Waals surface area contributed by atoms with Gasteiger partial charge in [-0.2, -0.15) is 0 Å². The van der Waals surface area contributed by atoms with E-state index < -0.39 is 0 Å². The summed E-state index contributed by atoms with van der Waals surface area (Å²) in [5.74, 6) is 2.69. The molecule has 0 aliphatic rings. The van der Waals surface area contributed by atoms with Crippen LogP contribution in [0.2, 0.25) is 0 Å². The second-order valence-electron chi connectivity index (χ2n) is 6.11. The van der Waals surface area contributed by atoms with E-state index in [0.29, 0.717) is 0 Å². The minimum atomic E-state index is -0.198. The summed E-state index contributed by atoms with van der Waals surface area (Å²) in [6, 6.07) is 0. The predicted octanol–water partition coefficient (Wildman–Crippen LogP) is 3.52. The lowest BCUT2D eigenvalue weighted by Gasteiger charge is -2.52. The van der Waals surface area contributed by atoms with E-state index in [1.54, 1.807) is 0 Å². The van der Waals surface area contributed by atoms with Crippen molar-refractivity contribution in [3.8, 4) is 0 Å². The van der Waals surface area contributed by atoms with Gasteiger partial charge in [0.15, 0.2) is 0 Å². The Kier molecular flexibility index (Phi) is 4.55. The summed E-state index contributed by atoms with van der Waals surface area (Å²) in [5.41, 5.74) is -0.0788. The number of nitrogens with zero attached hydrogens (tertiary/aromatic N) is 2. The molecule has 0 saturated carbocycles. The predicted molar refractivity (Wildman–Crippen MR) is 73.4 cm³/mol. The van der Waals surface area contributed by atoms with Crippen molar-refractivity contribution >= 4 is 5.87 Å². The van der Waals surface area contributed by atoms with Crippen molar-refractivity contribution in [1.29, 1.82) is 0 Å². The molecule has 0 aromatic carbocycles. The fourth-order valence-corrected chi connectivity index (χ4v) is 1.74. The zero-order valence-electron chi connectivity index (χ0n) is 12.3. The summed E-state index contributed by atoms with van der Waals surface area (Å²) in [6.45, 7) is 19.1. The minimum absolute atomic E-state index is 0.0444. The normalized spacial score (nSPS) is 13.8. The molecule has 94 valence electrons. The van der Waals surface area contributed by atoms with Gasteiger partial charge in [0.25, 0.3) is 0 Å². The van der Waals surface area contributed by atoms with Crippen molar-refractivity contribution in [2.45, 2.75) is 71.5 Å². The number of hydrogen-bond donors (Lipinski definition) is 0. The largest absolute Gasteiger partial charge is 0.294 e. The fourth-order valence-electron chi connectivity index (χ4n) is 1.74. The third-order valence-corrected chi connectivity index (χ3v) is 4.47. The molecule has 0 rings (SSSR count). The smallest absolute Gasteiger partial charge is 0.0823 e. The zero-order valence-corrected chi connectivity index (χ0v) is 12.3. The van der Waals surface area contributed by atoms with Gasteiger partial charge in [-0.05, 0) is 67.5 Å². The van der Waals surface area contributed by atoms with Crippen LogP contribution in [0.25, 0.3) is 0 Å². The fraction of sp³-hybridized carbons (Fsp3) is 0.857. The summed E-state index contributed by atoms with van der Waals surface area (Å²) in [4.78, 5) is 6.80. The van der Waals surface area contributed by atoms with E-state index in [0.717, 1.165) is 6.42 Å². The van der Waals surface area contributed by atoms with Gasteiger partial charge in [-0.1, -0.05) is 6.92 Å². The molecule has 2 heteroatoms. The second-order valence-corrected chi connectivity index (χ2v) is 6.11. The zero-order chi connectivity index (χ0) is 13.2. The lowest BCUT2D eigenvalue weighted by Crippen LogP contribution is -2.61. The van der Waals surface area contributed by atoms with E-state index in [-0.39, 0.29) is 16.6 Å². The molecule has 0 amide bonds. The van der Waals surface area contributed by atoms with Crippen LogP contribution in [-0.4, -0.2) is 34.4 Å². The summed E-state index contributed by atoms with van der Waals surface area (Å²) in [7, 11) is 2.17. The number of aliphatic imine (C=N–C) groups is 1. The maximum atomic E-state index is 4.39. The first-order chi connectivity index (χ1) is 7.03. The molecular formula is C14H28N2. The Labute approximate surface area is 101 Å². The minimum Gasteiger partial charge on any atom is -0.294 e. The van der Waals surface area contributed by atoms with Crippen LogP contribution in [-0.2, 0) is 0 Å². The molecule has 0 atom stereocenters. The summed E-state index contributed by atoms with van der Waals surface area (Å²) >= 11 is 0. The van der Waals surface area contributed by atoms with Gasteiger partial charge in [0, 0.05) is 11.1 Å². The first kappa shape index (κ1) is 15.4. The standard InChI is InChI=1S/C14H28N2/c1-10-12(3,4)16(9)14(7,8)13(5,6)15-11-2/h2,10H2,1,3-9H3. The molecular weight excluding hydrogens is 196 g/mol. The van der Waals surface area contributed by atoms with Crippen LogP contribution >= 0.6 is 0 Å². The molecule has 0 bridgehead atoms. The molecule has 16 heavy (non-hydrogen) atoms. The Hall–Kier alpha value is -0.590. The van der Waals surface area contributed by atoms with Crippen LogP contribution in [0.4, 0.5) is 0 Å². The Bertz CT molecular complexity index is 281. The Balaban J connectivity index is 5.28. The van der Waals surface area contributed by atoms with E-state index >= 15 is 0 Å². The van der Waals surface area contributed by atoms with Crippen LogP contribution in [0.3, 0.4) is 0 Å². The summed E-state index contributed by atoms with van der Waals surface area (Å²) < 4.78 is 0. The molecule has 0 N–H and O–H groups in total. The highest BCUT2D eigenvalue weighted by molar-refractivity contribution is 5.48. The molecule has 0 aromatic heterocycles. The third-order valence-electron chi connectivity index (χ3n) is 4.47. The number of likely N-dealkylation sites (N-methyl/N-ethyl adjacent to an activating group) is 1. The lowest BCUT2D eigenvalue weighted by molar-refractivity contribution is 0.00127. The lowest BCUT2D eigenvalue weighted by atomic mass is 9.78. The van der Waals surface area contributed by atoms with Crippen molar-refractivity contribution in [2.24, 2.45) is 4.99 Å². The van der Waals surface area contributed by atoms with Crippen molar-refractivity contribution < 1.29 is 0 Å². The average Bonchev–Trinajstić information content (AvgIpc) is 2.16. The maximum absolute atomic E-state index is 4.39. The molecule has 0 spiro atoms. The molecule has 0 aliphatic heterocycles. The van der Waals surface area contributed by atoms with E-state index in [9.17, 15) is 0 Å². The Morgan fingerprint density at radius 2 is 1.56 bits per heavy atom. The van der Waals surface area contributed by atoms with Crippen molar-refractivity contribution in [1.82, 2.24) is 4.90 Å². The van der Waals surface area contributed by atoms with Crippen molar-refractivity contribution in [2.75, 3.05) is 7.05 Å². The van der Waals surface area contributed by atoms with E-state index in [2.05, 4.69) is 77.9 Å². The van der Waals surface area contributed by atoms with Crippen molar-refractivity contribution in [3.05, 3.63) is 6.58 Å². The van der Waals surface area contributed by atoms with Gasteiger partial charge in [-0.3, -0.25) is 4.90 Å². The maximum Gasteiger partial charge on any atom is 0.0823 e. The highest BCUT2D eigenvalue weighted by atomic mass is 15.3. The molecule has 2 nitrogen and oxygen atoms in total. The first-order valence-corrected chi connectivity index (χ1v) is 6.01. The van der Waals surface area contributed by atoms with Gasteiger partial charge in [0.05, 0.1) is 5.54 Å². The van der Waals surface area contributed by atoms with Gasteiger partial charge in [-0.25, -0.2) is 4.99 Å². The van der Waals surface area contributed by atoms with Gasteiger partial charge >= 0.3 is 0 Å². The van der Waals surface area contributed by atoms with Crippen LogP contribution in [0.1, 0.15) is 54.9 Å². The Morgan fingerprint density at radius 3 is 1.88 bits per heavy atom. The molecule has 0 saturated heterocycles. The van der Waals surface area contributed by atoms with Gasteiger partial charge in [0.2, 0.25) is 0 Å². The molecule has 0 unspecified atom stereocenters. The van der Waals surface area contributed by atoms with Gasteiger partial charge < -0.3 is 0 Å². The topological polar surface area (TPSA) is 15.6 Å². The number of hydrogen-bond acceptors (Lipinski definition) is 2. The Morgan fingerprint density at radius 1 is 1.12 bits per heavy atom. The van der Waals surface area contributed by atoms with Crippen LogP contribution < -0.4 is 0 Å². The molecule has 0 fully saturated rings. The van der Waals surface area contributed by atoms with Crippen LogP contribution in [0.5, 0.6) is 0 Å². The molecule has 0 aromatic rings. The third kappa shape index (κ3) is 2.75. The number of rotatable bonds is 5. The monoisotopic (exact) mass is 224 g/mol. The van der Waals surface area contributed by atoms with E-state index in [1.165, 1.54) is 0 Å². The SMILES string of the molecule is C=C=NC(C)(C)C(C)(C)N(C)C(C)(C)CC. The molecule has 0 heterocycles. The van der Waals surface area contributed by atoms with Crippen LogP contribution in [0.15, 0.2) is 11.6 Å². The van der Waals surface area contributed by atoms with E-state index in [4.69, 9.17) is 0 Å². The van der Waals surface area contributed by atoms with E-state index in [1.807, 2.05) is 0 Å². The first-order valence-electron chi connectivity index (χ1n) is 6.01.